The fraction of sp³-hybridized carbons (Fsp3) is 0.785. The number of phosphoric acid groups is 1. The monoisotopic (exact) mass is 1070 g/mol. The number of hydrogen-bond donors (Lipinski definition) is 1. The summed E-state index contributed by atoms with van der Waals surface area (Å²) in [5, 5.41) is 0. The van der Waals surface area contributed by atoms with E-state index in [1.54, 1.807) is 0 Å². The summed E-state index contributed by atoms with van der Waals surface area (Å²) in [5.74, 6) is -0.787. The van der Waals surface area contributed by atoms with Crippen LogP contribution < -0.4 is 0 Å². The minimum Gasteiger partial charge on any atom is -0.462 e. The lowest BCUT2D eigenvalue weighted by molar-refractivity contribution is -0.870. The Balaban J connectivity index is 4.07. The SMILES string of the molecule is CC/C=C\C/C=C\C/C=C\C/C=C\C/C=C\C/C=C\CCCCCCCCCCCCCCCCC(=O)OC(COC(=O)CCCCCCCCCCCCCCCCCCCC)COP(=O)(O)OCC[N+](C)(C)C. The van der Waals surface area contributed by atoms with Crippen molar-refractivity contribution >= 4 is 19.8 Å². The molecule has 0 heterocycles. The van der Waals surface area contributed by atoms with Crippen LogP contribution in [0.3, 0.4) is 0 Å². The molecule has 75 heavy (non-hydrogen) atoms. The van der Waals surface area contributed by atoms with E-state index in [2.05, 4.69) is 86.8 Å². The molecule has 436 valence electrons. The first-order valence-electron chi connectivity index (χ1n) is 31.2. The van der Waals surface area contributed by atoms with Crippen molar-refractivity contribution in [2.45, 2.75) is 283 Å². The first kappa shape index (κ1) is 72.5. The van der Waals surface area contributed by atoms with Gasteiger partial charge >= 0.3 is 19.8 Å². The third-order valence-electron chi connectivity index (χ3n) is 13.5. The van der Waals surface area contributed by atoms with Crippen molar-refractivity contribution in [3.05, 3.63) is 72.9 Å². The molecule has 0 fully saturated rings. The highest BCUT2D eigenvalue weighted by Gasteiger charge is 2.27. The first-order chi connectivity index (χ1) is 36.5. The van der Waals surface area contributed by atoms with Gasteiger partial charge < -0.3 is 18.9 Å². The molecular formula is C65H119NO8P+. The second kappa shape index (κ2) is 56.2. The number of rotatable bonds is 57. The number of likely N-dealkylation sites (N-methyl/N-ethyl adjacent to an activating group) is 1. The predicted octanol–water partition coefficient (Wildman–Crippen LogP) is 19.7. The number of carbonyl (C=O) groups is 2. The van der Waals surface area contributed by atoms with E-state index in [-0.39, 0.29) is 25.6 Å². The maximum Gasteiger partial charge on any atom is 0.472 e. The van der Waals surface area contributed by atoms with Crippen LogP contribution >= 0.6 is 7.82 Å². The molecule has 0 saturated carbocycles. The second-order valence-corrected chi connectivity index (χ2v) is 23.5. The van der Waals surface area contributed by atoms with E-state index in [4.69, 9.17) is 18.5 Å². The molecule has 0 saturated heterocycles. The van der Waals surface area contributed by atoms with Crippen molar-refractivity contribution < 1.29 is 42.1 Å². The van der Waals surface area contributed by atoms with Gasteiger partial charge in [-0.15, -0.1) is 0 Å². The maximum absolute atomic E-state index is 12.8. The number of phosphoric ester groups is 1. The van der Waals surface area contributed by atoms with Gasteiger partial charge in [0.05, 0.1) is 27.7 Å². The zero-order chi connectivity index (χ0) is 54.9. The molecule has 0 aromatic carbocycles. The van der Waals surface area contributed by atoms with Gasteiger partial charge in [-0.3, -0.25) is 18.6 Å². The third kappa shape index (κ3) is 60.5. The molecule has 0 radical (unpaired) electrons. The lowest BCUT2D eigenvalue weighted by Crippen LogP contribution is -2.37. The number of carbonyl (C=O) groups excluding carboxylic acids is 2. The standard InChI is InChI=1S/C65H118NO8P/c1-6-8-10-12-14-16-18-20-22-24-26-27-28-29-30-31-32-33-34-35-36-37-38-39-40-42-44-46-48-50-52-54-56-58-65(68)74-63(62-73-75(69,70)72-60-59-66(3,4)5)61-71-64(67)57-55-53-51-49-47-45-43-41-25-23-21-19-17-15-13-11-9-7-2/h8,10,14,16,20,22,26-27,29-30,32-33,63H,6-7,9,11-13,15,17-19,21,23-25,28,31,34-62H2,1-5H3/p+1/b10-8-,16-14-,22-20-,27-26-,30-29-,33-32-. The van der Waals surface area contributed by atoms with Gasteiger partial charge in [0, 0.05) is 12.8 Å². The second-order valence-electron chi connectivity index (χ2n) is 22.1. The highest BCUT2D eigenvalue weighted by atomic mass is 31.2. The van der Waals surface area contributed by atoms with Gasteiger partial charge in [-0.05, 0) is 64.2 Å². The molecule has 0 aliphatic rings. The number of nitrogens with zero attached hydrogens (tertiary/aromatic N) is 1. The minimum atomic E-state index is -4.39. The van der Waals surface area contributed by atoms with Gasteiger partial charge in [0.1, 0.15) is 19.8 Å². The molecule has 0 spiro atoms. The molecule has 10 heteroatoms. The maximum atomic E-state index is 12.8. The third-order valence-corrected chi connectivity index (χ3v) is 14.5. The van der Waals surface area contributed by atoms with Crippen LogP contribution in [0, 0.1) is 0 Å². The minimum absolute atomic E-state index is 0.0316. The van der Waals surface area contributed by atoms with Crippen molar-refractivity contribution in [1.82, 2.24) is 0 Å². The van der Waals surface area contributed by atoms with E-state index in [1.807, 2.05) is 21.1 Å². The van der Waals surface area contributed by atoms with Crippen molar-refractivity contribution in [2.75, 3.05) is 47.5 Å². The average Bonchev–Trinajstić information content (AvgIpc) is 3.37. The van der Waals surface area contributed by atoms with E-state index in [9.17, 15) is 19.0 Å². The zero-order valence-corrected chi connectivity index (χ0v) is 50.4. The Morgan fingerprint density at radius 3 is 1.13 bits per heavy atom. The molecule has 2 atom stereocenters. The lowest BCUT2D eigenvalue weighted by atomic mass is 10.0. The predicted molar refractivity (Wildman–Crippen MR) is 321 cm³/mol. The molecule has 0 aliphatic heterocycles. The van der Waals surface area contributed by atoms with Crippen molar-refractivity contribution in [3.8, 4) is 0 Å². The summed E-state index contributed by atoms with van der Waals surface area (Å²) in [7, 11) is 1.48. The van der Waals surface area contributed by atoms with Gasteiger partial charge in [-0.2, -0.15) is 0 Å². The van der Waals surface area contributed by atoms with Crippen molar-refractivity contribution in [1.29, 1.82) is 0 Å². The molecule has 9 nitrogen and oxygen atoms in total. The van der Waals surface area contributed by atoms with Crippen molar-refractivity contribution in [2.24, 2.45) is 0 Å². The number of esters is 2. The summed E-state index contributed by atoms with van der Waals surface area (Å²) >= 11 is 0. The Kier molecular flexibility index (Phi) is 54.3. The number of unbranched alkanes of at least 4 members (excludes halogenated alkanes) is 31. The van der Waals surface area contributed by atoms with Crippen LogP contribution in [0.2, 0.25) is 0 Å². The molecule has 1 N–H and O–H groups in total. The summed E-state index contributed by atoms with van der Waals surface area (Å²) in [6, 6.07) is 0. The Morgan fingerprint density at radius 2 is 0.760 bits per heavy atom. The quantitative estimate of drug-likeness (QED) is 0.0211. The van der Waals surface area contributed by atoms with Gasteiger partial charge in [0.15, 0.2) is 6.10 Å². The smallest absolute Gasteiger partial charge is 0.462 e. The fourth-order valence-electron chi connectivity index (χ4n) is 8.73. The van der Waals surface area contributed by atoms with E-state index in [0.29, 0.717) is 23.9 Å². The largest absolute Gasteiger partial charge is 0.472 e. The topological polar surface area (TPSA) is 108 Å². The van der Waals surface area contributed by atoms with Gasteiger partial charge in [-0.25, -0.2) is 4.57 Å². The number of ether oxygens (including phenoxy) is 2. The summed E-state index contributed by atoms with van der Waals surface area (Å²) in [4.78, 5) is 35.7. The fourth-order valence-corrected chi connectivity index (χ4v) is 9.47. The number of hydrogen-bond acceptors (Lipinski definition) is 7. The Labute approximate surface area is 463 Å². The Bertz CT molecular complexity index is 1500. The molecule has 0 aromatic rings. The van der Waals surface area contributed by atoms with E-state index in [1.165, 1.54) is 167 Å². The van der Waals surface area contributed by atoms with Crippen LogP contribution in [0.1, 0.15) is 277 Å². The Hall–Kier alpha value is -2.55. The molecule has 0 bridgehead atoms. The molecule has 0 aliphatic carbocycles. The molecule has 0 aromatic heterocycles. The summed E-state index contributed by atoms with van der Waals surface area (Å²) < 4.78 is 34.6. The normalized spacial score (nSPS) is 13.7. The van der Waals surface area contributed by atoms with Crippen LogP contribution in [0.15, 0.2) is 72.9 Å². The molecule has 0 rings (SSSR count). The highest BCUT2D eigenvalue weighted by Crippen LogP contribution is 2.43. The van der Waals surface area contributed by atoms with Crippen LogP contribution in [0.5, 0.6) is 0 Å². The van der Waals surface area contributed by atoms with Crippen molar-refractivity contribution in [3.63, 3.8) is 0 Å². The van der Waals surface area contributed by atoms with Crippen LogP contribution in [0.25, 0.3) is 0 Å². The Morgan fingerprint density at radius 1 is 0.427 bits per heavy atom. The summed E-state index contributed by atoms with van der Waals surface area (Å²) in [6.07, 6.45) is 74.1. The van der Waals surface area contributed by atoms with Gasteiger partial charge in [0.2, 0.25) is 0 Å². The van der Waals surface area contributed by atoms with Gasteiger partial charge in [-0.1, -0.05) is 273 Å². The highest BCUT2D eigenvalue weighted by molar-refractivity contribution is 7.47. The van der Waals surface area contributed by atoms with E-state index < -0.39 is 26.5 Å². The van der Waals surface area contributed by atoms with Crippen LogP contribution in [0.4, 0.5) is 0 Å². The molecule has 0 amide bonds. The van der Waals surface area contributed by atoms with Gasteiger partial charge in [0.25, 0.3) is 0 Å². The van der Waals surface area contributed by atoms with E-state index in [0.717, 1.165) is 77.0 Å². The first-order valence-corrected chi connectivity index (χ1v) is 32.7. The summed E-state index contributed by atoms with van der Waals surface area (Å²) in [5.41, 5.74) is 0. The molecule has 2 unspecified atom stereocenters. The molecular weight excluding hydrogens is 954 g/mol. The van der Waals surface area contributed by atoms with Crippen LogP contribution in [-0.2, 0) is 32.7 Å². The van der Waals surface area contributed by atoms with Crippen LogP contribution in [-0.4, -0.2) is 74.9 Å². The van der Waals surface area contributed by atoms with E-state index >= 15 is 0 Å². The number of quaternary nitrogens is 1. The zero-order valence-electron chi connectivity index (χ0n) is 49.5. The average molecular weight is 1070 g/mol. The summed E-state index contributed by atoms with van der Waals surface area (Å²) in [6.45, 7) is 4.35. The number of allylic oxidation sites excluding steroid dienone is 12. The lowest BCUT2D eigenvalue weighted by Gasteiger charge is -2.24.